The van der Waals surface area contributed by atoms with Gasteiger partial charge in [0.1, 0.15) is 5.67 Å². The number of hydrogen-bond acceptors (Lipinski definition) is 3. The molecule has 0 rings (SSSR count). The lowest BCUT2D eigenvalue weighted by Gasteiger charge is -2.12. The Bertz CT molecular complexity index is 204. The first-order valence-electron chi connectivity index (χ1n) is 2.89. The lowest BCUT2D eigenvalue weighted by Crippen LogP contribution is -2.23. The van der Waals surface area contributed by atoms with Crippen LogP contribution < -0.4 is 0 Å². The van der Waals surface area contributed by atoms with E-state index >= 15 is 0 Å². The van der Waals surface area contributed by atoms with Gasteiger partial charge in [0.15, 0.2) is 0 Å². The van der Waals surface area contributed by atoms with Gasteiger partial charge in [-0.15, -0.1) is 0 Å². The largest absolute Gasteiger partial charge is 0.297 e. The Balaban J connectivity index is 3.91. The molecular formula is C5H10F2O3S. The van der Waals surface area contributed by atoms with Gasteiger partial charge in [0.05, 0.1) is 6.61 Å². The maximum atomic E-state index is 12.5. The van der Waals surface area contributed by atoms with Crippen LogP contribution in [0.1, 0.15) is 13.8 Å². The molecule has 11 heavy (non-hydrogen) atoms. The van der Waals surface area contributed by atoms with E-state index in [1.54, 1.807) is 0 Å². The molecule has 0 saturated heterocycles. The zero-order valence-electron chi connectivity index (χ0n) is 6.30. The minimum Gasteiger partial charge on any atom is -0.265 e. The van der Waals surface area contributed by atoms with Crippen LogP contribution in [0, 0.1) is 0 Å². The van der Waals surface area contributed by atoms with Gasteiger partial charge in [-0.1, -0.05) is 0 Å². The van der Waals surface area contributed by atoms with Crippen LogP contribution in [0.25, 0.3) is 0 Å². The molecule has 0 heterocycles. The molecule has 0 saturated carbocycles. The molecule has 68 valence electrons. The third-order valence-electron chi connectivity index (χ3n) is 0.715. The Hall–Kier alpha value is -0.230. The molecule has 0 aromatic rings. The van der Waals surface area contributed by atoms with Crippen LogP contribution in [0.5, 0.6) is 0 Å². The van der Waals surface area contributed by atoms with E-state index in [-0.39, 0.29) is 0 Å². The highest BCUT2D eigenvalue weighted by atomic mass is 32.2. The first-order chi connectivity index (χ1) is 4.77. The van der Waals surface area contributed by atoms with Crippen LogP contribution >= 0.6 is 0 Å². The van der Waals surface area contributed by atoms with Crippen LogP contribution in [0.15, 0.2) is 0 Å². The minimum atomic E-state index is -4.16. The highest BCUT2D eigenvalue weighted by Gasteiger charge is 2.20. The molecule has 0 aliphatic carbocycles. The molecular weight excluding hydrogens is 178 g/mol. The first kappa shape index (κ1) is 10.8. The fraction of sp³-hybridized carbons (Fsp3) is 1.00. The van der Waals surface area contributed by atoms with Crippen molar-refractivity contribution < 1.29 is 21.4 Å². The fourth-order valence-corrected chi connectivity index (χ4v) is 0.784. The molecule has 0 spiro atoms. The van der Waals surface area contributed by atoms with Crippen LogP contribution in [0.3, 0.4) is 0 Å². The van der Waals surface area contributed by atoms with E-state index in [2.05, 4.69) is 4.18 Å². The summed E-state index contributed by atoms with van der Waals surface area (Å²) in [6.07, 6.45) is 0. The third kappa shape index (κ3) is 6.18. The zero-order chi connectivity index (χ0) is 9.12. The van der Waals surface area contributed by atoms with Crippen molar-refractivity contribution in [1.82, 2.24) is 0 Å². The molecule has 0 aromatic heterocycles. The summed E-state index contributed by atoms with van der Waals surface area (Å²) in [6, 6.07) is -1.62. The van der Waals surface area contributed by atoms with Crippen LogP contribution in [0.2, 0.25) is 0 Å². The van der Waals surface area contributed by atoms with E-state index in [1.807, 2.05) is 0 Å². The summed E-state index contributed by atoms with van der Waals surface area (Å²) in [5.74, 6) is 0. The normalized spacial score (nSPS) is 13.5. The van der Waals surface area contributed by atoms with Crippen molar-refractivity contribution in [3.8, 4) is 0 Å². The molecule has 0 aliphatic heterocycles. The second-order valence-electron chi connectivity index (χ2n) is 2.65. The van der Waals surface area contributed by atoms with Crippen molar-refractivity contribution in [3.05, 3.63) is 0 Å². The average molecular weight is 188 g/mol. The maximum Gasteiger partial charge on any atom is 0.297 e. The molecule has 0 aliphatic rings. The minimum absolute atomic E-state index is 0.654. The van der Waals surface area contributed by atoms with Crippen molar-refractivity contribution in [2.45, 2.75) is 19.5 Å². The summed E-state index contributed by atoms with van der Waals surface area (Å²) in [7, 11) is -4.16. The van der Waals surface area contributed by atoms with Gasteiger partial charge in [0, 0.05) is 0 Å². The van der Waals surface area contributed by atoms with E-state index in [9.17, 15) is 17.2 Å². The van der Waals surface area contributed by atoms with E-state index in [4.69, 9.17) is 0 Å². The second-order valence-corrected chi connectivity index (χ2v) is 4.22. The van der Waals surface area contributed by atoms with Crippen molar-refractivity contribution >= 4 is 10.1 Å². The van der Waals surface area contributed by atoms with Crippen molar-refractivity contribution in [1.29, 1.82) is 0 Å². The van der Waals surface area contributed by atoms with Gasteiger partial charge in [-0.25, -0.2) is 8.78 Å². The lowest BCUT2D eigenvalue weighted by molar-refractivity contribution is 0.123. The summed E-state index contributed by atoms with van der Waals surface area (Å²) in [6.45, 7) is 1.63. The summed E-state index contributed by atoms with van der Waals surface area (Å²) in [5.41, 5.74) is -1.76. The Morgan fingerprint density at radius 2 is 1.91 bits per heavy atom. The number of alkyl halides is 2. The topological polar surface area (TPSA) is 43.4 Å². The van der Waals surface area contributed by atoms with Crippen LogP contribution in [0.4, 0.5) is 8.78 Å². The molecule has 0 atom stereocenters. The molecule has 0 amide bonds. The van der Waals surface area contributed by atoms with Gasteiger partial charge in [-0.05, 0) is 13.8 Å². The third-order valence-corrected chi connectivity index (χ3v) is 1.46. The predicted molar refractivity (Wildman–Crippen MR) is 36.0 cm³/mol. The molecule has 0 unspecified atom stereocenters. The highest BCUT2D eigenvalue weighted by Crippen LogP contribution is 2.10. The Kier molecular flexibility index (Phi) is 3.37. The highest BCUT2D eigenvalue weighted by molar-refractivity contribution is 7.86. The molecule has 3 nitrogen and oxygen atoms in total. The quantitative estimate of drug-likeness (QED) is 0.618. The molecule has 0 radical (unpaired) electrons. The van der Waals surface area contributed by atoms with Crippen molar-refractivity contribution in [2.24, 2.45) is 0 Å². The Morgan fingerprint density at radius 3 is 2.18 bits per heavy atom. The molecule has 0 N–H and O–H groups in total. The molecule has 0 bridgehead atoms. The van der Waals surface area contributed by atoms with Gasteiger partial charge in [0.2, 0.25) is 6.01 Å². The van der Waals surface area contributed by atoms with Crippen molar-refractivity contribution in [2.75, 3.05) is 12.6 Å². The van der Waals surface area contributed by atoms with Gasteiger partial charge < -0.3 is 0 Å². The van der Waals surface area contributed by atoms with Gasteiger partial charge in [-0.2, -0.15) is 8.42 Å². The van der Waals surface area contributed by atoms with Gasteiger partial charge in [-0.3, -0.25) is 4.18 Å². The van der Waals surface area contributed by atoms with Gasteiger partial charge in [0.25, 0.3) is 10.1 Å². The smallest absolute Gasteiger partial charge is 0.265 e. The lowest BCUT2D eigenvalue weighted by atomic mass is 10.2. The Labute approximate surface area is 64.5 Å². The van der Waals surface area contributed by atoms with Crippen molar-refractivity contribution in [3.63, 3.8) is 0 Å². The number of halogens is 2. The summed E-state index contributed by atoms with van der Waals surface area (Å²) in [4.78, 5) is 0. The summed E-state index contributed by atoms with van der Waals surface area (Å²) >= 11 is 0. The molecule has 0 fully saturated rings. The summed E-state index contributed by atoms with van der Waals surface area (Å²) < 4.78 is 48.6. The molecule has 6 heteroatoms. The monoisotopic (exact) mass is 188 g/mol. The van der Waals surface area contributed by atoms with E-state index in [1.165, 1.54) is 0 Å². The average Bonchev–Trinajstić information content (AvgIpc) is 1.83. The molecule has 0 aromatic carbocycles. The fourth-order valence-electron chi connectivity index (χ4n) is 0.261. The van der Waals surface area contributed by atoms with E-state index in [0.717, 1.165) is 13.8 Å². The second kappa shape index (κ2) is 3.44. The first-order valence-corrected chi connectivity index (χ1v) is 4.46. The zero-order valence-corrected chi connectivity index (χ0v) is 7.12. The number of hydrogen-bond donors (Lipinski definition) is 0. The maximum absolute atomic E-state index is 12.5. The predicted octanol–water partition coefficient (Wildman–Crippen LogP) is 1.01. The van der Waals surface area contributed by atoms with Crippen LogP contribution in [-0.2, 0) is 14.3 Å². The van der Waals surface area contributed by atoms with Gasteiger partial charge >= 0.3 is 0 Å². The SMILES string of the molecule is CC(C)(F)COS(=O)(=O)CF. The van der Waals surface area contributed by atoms with Crippen LogP contribution in [-0.4, -0.2) is 26.7 Å². The summed E-state index contributed by atoms with van der Waals surface area (Å²) in [5, 5.41) is 0. The van der Waals surface area contributed by atoms with E-state index < -0.39 is 28.4 Å². The Morgan fingerprint density at radius 1 is 1.45 bits per heavy atom. The number of rotatable bonds is 4. The van der Waals surface area contributed by atoms with E-state index in [0.29, 0.717) is 0 Å². The standard InChI is InChI=1S/C5H10F2O3S/c1-5(2,7)3-10-11(8,9)4-6/h3-4H2,1-2H3.